The van der Waals surface area contributed by atoms with Crippen LogP contribution in [0.2, 0.25) is 0 Å². The summed E-state index contributed by atoms with van der Waals surface area (Å²) in [5.41, 5.74) is 3.71. The van der Waals surface area contributed by atoms with E-state index in [4.69, 9.17) is 4.52 Å². The van der Waals surface area contributed by atoms with E-state index in [-0.39, 0.29) is 11.8 Å². The number of aromatic nitrogens is 1. The molecule has 1 aromatic carbocycles. The predicted octanol–water partition coefficient (Wildman–Crippen LogP) is 5.45. The molecule has 1 aliphatic carbocycles. The van der Waals surface area contributed by atoms with E-state index in [0.29, 0.717) is 17.7 Å². The summed E-state index contributed by atoms with van der Waals surface area (Å²) >= 11 is 0. The molecule has 1 saturated heterocycles. The molecule has 2 heterocycles. The molecule has 0 bridgehead atoms. The molecule has 2 fully saturated rings. The van der Waals surface area contributed by atoms with Crippen molar-refractivity contribution in [2.75, 3.05) is 26.2 Å². The van der Waals surface area contributed by atoms with Crippen molar-refractivity contribution in [3.05, 3.63) is 52.9 Å². The third kappa shape index (κ3) is 5.61. The molecule has 0 atom stereocenters. The van der Waals surface area contributed by atoms with Crippen LogP contribution in [0, 0.1) is 12.8 Å². The first-order valence-corrected chi connectivity index (χ1v) is 12.6. The number of aryl methyl sites for hydroxylation is 1. The summed E-state index contributed by atoms with van der Waals surface area (Å²) in [7, 11) is 0. The van der Waals surface area contributed by atoms with Crippen LogP contribution in [0.4, 0.5) is 0 Å². The highest BCUT2D eigenvalue weighted by atomic mass is 16.5. The molecule has 32 heavy (non-hydrogen) atoms. The minimum Gasteiger partial charge on any atom is -0.351 e. The molecule has 5 nitrogen and oxygen atoms in total. The third-order valence-electron chi connectivity index (χ3n) is 7.48. The second-order valence-electron chi connectivity index (χ2n) is 10.1. The maximum absolute atomic E-state index is 13.4. The summed E-state index contributed by atoms with van der Waals surface area (Å²) in [5, 5.41) is 4.12. The Morgan fingerprint density at radius 1 is 1.16 bits per heavy atom. The van der Waals surface area contributed by atoms with E-state index in [9.17, 15) is 4.79 Å². The Morgan fingerprint density at radius 3 is 2.53 bits per heavy atom. The fourth-order valence-corrected chi connectivity index (χ4v) is 5.26. The van der Waals surface area contributed by atoms with Crippen LogP contribution in [-0.2, 0) is 6.42 Å². The van der Waals surface area contributed by atoms with E-state index in [1.807, 2.05) is 6.07 Å². The number of amides is 1. The topological polar surface area (TPSA) is 49.6 Å². The maximum atomic E-state index is 13.4. The smallest absolute Gasteiger partial charge is 0.292 e. The van der Waals surface area contributed by atoms with Crippen molar-refractivity contribution in [1.29, 1.82) is 0 Å². The second kappa shape index (κ2) is 10.7. The zero-order valence-electron chi connectivity index (χ0n) is 20.1. The number of rotatable bonds is 8. The molecule has 2 aliphatic rings. The number of hydrogen-bond acceptors (Lipinski definition) is 4. The molecule has 0 N–H and O–H groups in total. The van der Waals surface area contributed by atoms with Crippen LogP contribution in [0.15, 0.2) is 34.9 Å². The van der Waals surface area contributed by atoms with Crippen LogP contribution in [0.3, 0.4) is 0 Å². The van der Waals surface area contributed by atoms with Gasteiger partial charge in [-0.25, -0.2) is 0 Å². The molecular formula is C27H39N3O2. The molecule has 4 rings (SSSR count). The van der Waals surface area contributed by atoms with Crippen molar-refractivity contribution in [1.82, 2.24) is 15.0 Å². The van der Waals surface area contributed by atoms with Crippen molar-refractivity contribution in [3.8, 4) is 0 Å². The number of benzene rings is 1. The Morgan fingerprint density at radius 2 is 1.88 bits per heavy atom. The van der Waals surface area contributed by atoms with Crippen molar-refractivity contribution < 1.29 is 9.32 Å². The first-order chi connectivity index (χ1) is 15.5. The summed E-state index contributed by atoms with van der Waals surface area (Å²) < 4.78 is 5.47. The van der Waals surface area contributed by atoms with E-state index in [2.05, 4.69) is 60.0 Å². The highest BCUT2D eigenvalue weighted by Crippen LogP contribution is 2.29. The number of carbonyl (C=O) groups excluding carboxylic acids is 1. The number of piperidine rings is 1. The molecule has 0 unspecified atom stereocenters. The lowest BCUT2D eigenvalue weighted by Crippen LogP contribution is -2.45. The Bertz CT molecular complexity index is 877. The second-order valence-corrected chi connectivity index (χ2v) is 10.1. The Labute approximate surface area is 193 Å². The molecule has 0 radical (unpaired) electrons. The largest absolute Gasteiger partial charge is 0.351 e. The van der Waals surface area contributed by atoms with E-state index >= 15 is 0 Å². The summed E-state index contributed by atoms with van der Waals surface area (Å²) in [6, 6.07) is 10.9. The number of hydrogen-bond donors (Lipinski definition) is 0. The lowest BCUT2D eigenvalue weighted by molar-refractivity contribution is 0.0558. The van der Waals surface area contributed by atoms with Gasteiger partial charge in [-0.05, 0) is 75.1 Å². The standard InChI is InChI=1S/C27H39N3O2/c1-20(2)25-18-26(32-28-25)27(31)30(24-10-6-7-11-24)19-22-12-15-29(16-13-22)17-14-23-9-5-4-8-21(23)3/h4-5,8-9,18,20,22,24H,6-7,10-17,19H2,1-3H3. The number of nitrogens with zero attached hydrogens (tertiary/aromatic N) is 3. The maximum Gasteiger partial charge on any atom is 0.292 e. The molecule has 1 aromatic heterocycles. The molecule has 5 heteroatoms. The van der Waals surface area contributed by atoms with E-state index in [1.165, 1.54) is 24.0 Å². The van der Waals surface area contributed by atoms with Gasteiger partial charge in [0.25, 0.3) is 5.91 Å². The van der Waals surface area contributed by atoms with Gasteiger partial charge in [0, 0.05) is 25.2 Å². The number of likely N-dealkylation sites (tertiary alicyclic amines) is 1. The third-order valence-corrected chi connectivity index (χ3v) is 7.48. The van der Waals surface area contributed by atoms with E-state index in [0.717, 1.165) is 64.0 Å². The van der Waals surface area contributed by atoms with Gasteiger partial charge in [0.05, 0.1) is 5.69 Å². The quantitative estimate of drug-likeness (QED) is 0.551. The van der Waals surface area contributed by atoms with Gasteiger partial charge in [-0.1, -0.05) is 56.1 Å². The number of carbonyl (C=O) groups is 1. The SMILES string of the molecule is Cc1ccccc1CCN1CCC(CN(C(=O)c2cc(C(C)C)no2)C2CCCC2)CC1. The van der Waals surface area contributed by atoms with Crippen molar-refractivity contribution >= 4 is 5.91 Å². The fraction of sp³-hybridized carbons (Fsp3) is 0.630. The minimum absolute atomic E-state index is 0.0401. The first-order valence-electron chi connectivity index (χ1n) is 12.6. The van der Waals surface area contributed by atoms with Crippen LogP contribution in [-0.4, -0.2) is 53.1 Å². The fourth-order valence-electron chi connectivity index (χ4n) is 5.26. The van der Waals surface area contributed by atoms with Gasteiger partial charge in [0.1, 0.15) is 0 Å². The zero-order chi connectivity index (χ0) is 22.5. The molecule has 174 valence electrons. The normalized spacial score (nSPS) is 18.5. The Balaban J connectivity index is 1.33. The molecule has 0 spiro atoms. The molecule has 1 amide bonds. The average molecular weight is 438 g/mol. The van der Waals surface area contributed by atoms with Gasteiger partial charge in [0.2, 0.25) is 5.76 Å². The predicted molar refractivity (Wildman–Crippen MR) is 128 cm³/mol. The van der Waals surface area contributed by atoms with Crippen LogP contribution in [0.5, 0.6) is 0 Å². The molecule has 1 aliphatic heterocycles. The summed E-state index contributed by atoms with van der Waals surface area (Å²) in [6.07, 6.45) is 8.13. The van der Waals surface area contributed by atoms with Crippen molar-refractivity contribution in [2.45, 2.75) is 77.7 Å². The van der Waals surface area contributed by atoms with Gasteiger partial charge in [-0.3, -0.25) is 4.79 Å². The van der Waals surface area contributed by atoms with E-state index in [1.54, 1.807) is 0 Å². The summed E-state index contributed by atoms with van der Waals surface area (Å²) in [4.78, 5) is 18.1. The highest BCUT2D eigenvalue weighted by Gasteiger charge is 2.32. The monoisotopic (exact) mass is 437 g/mol. The van der Waals surface area contributed by atoms with Crippen LogP contribution in [0.1, 0.15) is 85.7 Å². The van der Waals surface area contributed by atoms with Gasteiger partial charge in [-0.2, -0.15) is 0 Å². The van der Waals surface area contributed by atoms with Gasteiger partial charge in [-0.15, -0.1) is 0 Å². The lowest BCUT2D eigenvalue weighted by Gasteiger charge is -2.37. The van der Waals surface area contributed by atoms with Crippen molar-refractivity contribution in [2.24, 2.45) is 5.92 Å². The first kappa shape index (κ1) is 23.0. The summed E-state index contributed by atoms with van der Waals surface area (Å²) in [5.74, 6) is 1.29. The Hall–Kier alpha value is -2.14. The van der Waals surface area contributed by atoms with Gasteiger partial charge < -0.3 is 14.3 Å². The molecular weight excluding hydrogens is 398 g/mol. The Kier molecular flexibility index (Phi) is 7.67. The van der Waals surface area contributed by atoms with Crippen LogP contribution < -0.4 is 0 Å². The minimum atomic E-state index is 0.0401. The zero-order valence-corrected chi connectivity index (χ0v) is 20.1. The lowest BCUT2D eigenvalue weighted by atomic mass is 9.94. The molecule has 1 saturated carbocycles. The van der Waals surface area contributed by atoms with Gasteiger partial charge >= 0.3 is 0 Å². The highest BCUT2D eigenvalue weighted by molar-refractivity contribution is 5.91. The van der Waals surface area contributed by atoms with E-state index < -0.39 is 0 Å². The van der Waals surface area contributed by atoms with Crippen LogP contribution >= 0.6 is 0 Å². The van der Waals surface area contributed by atoms with Crippen molar-refractivity contribution in [3.63, 3.8) is 0 Å². The van der Waals surface area contributed by atoms with Crippen LogP contribution in [0.25, 0.3) is 0 Å². The average Bonchev–Trinajstić information content (AvgIpc) is 3.50. The summed E-state index contributed by atoms with van der Waals surface area (Å²) in [6.45, 7) is 10.6. The van der Waals surface area contributed by atoms with Gasteiger partial charge in [0.15, 0.2) is 0 Å². The molecule has 2 aromatic rings.